The maximum absolute atomic E-state index is 12.3. The molecule has 4 nitrogen and oxygen atoms in total. The predicted molar refractivity (Wildman–Crippen MR) is 101 cm³/mol. The highest BCUT2D eigenvalue weighted by atomic mass is 16.5. The van der Waals surface area contributed by atoms with Gasteiger partial charge in [-0.05, 0) is 48.2 Å². The van der Waals surface area contributed by atoms with Gasteiger partial charge in [0.05, 0.1) is 12.7 Å². The van der Waals surface area contributed by atoms with Crippen molar-refractivity contribution in [3.05, 3.63) is 64.5 Å². The molecular formula is C21H24O4. The quantitative estimate of drug-likeness (QED) is 0.699. The number of aryl methyl sites for hydroxylation is 1. The molecular weight excluding hydrogens is 316 g/mol. The molecule has 0 amide bonds. The largest absolute Gasteiger partial charge is 0.497 e. The Bertz CT molecular complexity index is 863. The highest BCUT2D eigenvalue weighted by Crippen LogP contribution is 2.24. The van der Waals surface area contributed by atoms with Gasteiger partial charge >= 0.3 is 5.63 Å². The third-order valence-electron chi connectivity index (χ3n) is 3.82. The van der Waals surface area contributed by atoms with E-state index in [-0.39, 0.29) is 12.2 Å². The molecule has 0 bridgehead atoms. The minimum atomic E-state index is -0.359. The zero-order chi connectivity index (χ0) is 18.2. The summed E-state index contributed by atoms with van der Waals surface area (Å²) < 4.78 is 10.6. The average Bonchev–Trinajstić information content (AvgIpc) is 2.67. The van der Waals surface area contributed by atoms with Gasteiger partial charge in [0.1, 0.15) is 11.3 Å². The summed E-state index contributed by atoms with van der Waals surface area (Å²) in [5.74, 6) is 0.743. The molecule has 0 atom stereocenters. The van der Waals surface area contributed by atoms with Crippen LogP contribution in [-0.4, -0.2) is 18.8 Å². The van der Waals surface area contributed by atoms with Gasteiger partial charge in [0.2, 0.25) is 0 Å². The number of benzene rings is 2. The molecule has 0 aliphatic carbocycles. The van der Waals surface area contributed by atoms with Crippen LogP contribution in [0.5, 0.6) is 5.75 Å². The molecule has 0 saturated heterocycles. The summed E-state index contributed by atoms with van der Waals surface area (Å²) in [7, 11) is 1.60. The van der Waals surface area contributed by atoms with Crippen molar-refractivity contribution in [2.75, 3.05) is 13.7 Å². The van der Waals surface area contributed by atoms with Crippen LogP contribution in [0.25, 0.3) is 22.1 Å². The third-order valence-corrected chi connectivity index (χ3v) is 3.82. The number of ether oxygens (including phenoxy) is 1. The number of hydrogen-bond acceptors (Lipinski definition) is 4. The fourth-order valence-corrected chi connectivity index (χ4v) is 2.57. The van der Waals surface area contributed by atoms with Crippen LogP contribution in [0.2, 0.25) is 0 Å². The van der Waals surface area contributed by atoms with Crippen LogP contribution in [0.3, 0.4) is 0 Å². The number of fused-ring (bicyclic) bond motifs is 1. The number of hydrogen-bond donors (Lipinski definition) is 1. The molecule has 0 aliphatic heterocycles. The van der Waals surface area contributed by atoms with E-state index in [0.29, 0.717) is 17.6 Å². The summed E-state index contributed by atoms with van der Waals surface area (Å²) in [6.07, 6.45) is 1.45. The van der Waals surface area contributed by atoms with E-state index in [1.807, 2.05) is 62.4 Å². The molecule has 0 unspecified atom stereocenters. The Morgan fingerprint density at radius 2 is 1.76 bits per heavy atom. The van der Waals surface area contributed by atoms with E-state index in [4.69, 9.17) is 14.3 Å². The third kappa shape index (κ3) is 4.48. The Morgan fingerprint density at radius 3 is 2.40 bits per heavy atom. The second-order valence-corrected chi connectivity index (χ2v) is 5.38. The van der Waals surface area contributed by atoms with Crippen molar-refractivity contribution in [3.63, 3.8) is 0 Å². The van der Waals surface area contributed by atoms with Crippen LogP contribution < -0.4 is 10.4 Å². The van der Waals surface area contributed by atoms with Crippen molar-refractivity contribution in [2.24, 2.45) is 0 Å². The van der Waals surface area contributed by atoms with Crippen molar-refractivity contribution in [2.45, 2.75) is 26.7 Å². The van der Waals surface area contributed by atoms with E-state index >= 15 is 0 Å². The van der Waals surface area contributed by atoms with Gasteiger partial charge in [0, 0.05) is 12.0 Å². The summed E-state index contributed by atoms with van der Waals surface area (Å²) in [4.78, 5) is 12.3. The Kier molecular flexibility index (Phi) is 6.78. The van der Waals surface area contributed by atoms with E-state index in [1.54, 1.807) is 7.11 Å². The number of aliphatic hydroxyl groups is 1. The van der Waals surface area contributed by atoms with E-state index in [0.717, 1.165) is 28.7 Å². The maximum Gasteiger partial charge on any atom is 0.344 e. The molecule has 25 heavy (non-hydrogen) atoms. The lowest BCUT2D eigenvalue weighted by atomic mass is 10.0. The van der Waals surface area contributed by atoms with Crippen LogP contribution in [0.15, 0.2) is 57.7 Å². The van der Waals surface area contributed by atoms with Crippen LogP contribution in [0, 0.1) is 0 Å². The van der Waals surface area contributed by atoms with Gasteiger partial charge in [-0.1, -0.05) is 38.1 Å². The summed E-state index contributed by atoms with van der Waals surface area (Å²) >= 11 is 0. The van der Waals surface area contributed by atoms with Crippen LogP contribution >= 0.6 is 0 Å². The SMILES string of the molecule is CC.COc1ccc(-c2cc3ccc(CCCO)cc3oc2=O)cc1. The Morgan fingerprint density at radius 1 is 1.04 bits per heavy atom. The molecule has 3 rings (SSSR count). The van der Waals surface area contributed by atoms with Gasteiger partial charge in [-0.25, -0.2) is 4.79 Å². The van der Waals surface area contributed by atoms with Gasteiger partial charge in [0.25, 0.3) is 0 Å². The highest BCUT2D eigenvalue weighted by Gasteiger charge is 2.08. The first-order valence-corrected chi connectivity index (χ1v) is 8.53. The lowest BCUT2D eigenvalue weighted by Crippen LogP contribution is -2.03. The summed E-state index contributed by atoms with van der Waals surface area (Å²) in [6.45, 7) is 4.15. The molecule has 0 spiro atoms. The van der Waals surface area contributed by atoms with Crippen molar-refractivity contribution in [1.29, 1.82) is 0 Å². The first-order valence-electron chi connectivity index (χ1n) is 8.53. The van der Waals surface area contributed by atoms with E-state index in [1.165, 1.54) is 0 Å². The minimum Gasteiger partial charge on any atom is -0.497 e. The summed E-state index contributed by atoms with van der Waals surface area (Å²) in [6, 6.07) is 15.0. The average molecular weight is 340 g/mol. The highest BCUT2D eigenvalue weighted by molar-refractivity contribution is 5.82. The predicted octanol–water partition coefficient (Wildman–Crippen LogP) is 4.42. The van der Waals surface area contributed by atoms with Crippen LogP contribution in [0.4, 0.5) is 0 Å². The fourth-order valence-electron chi connectivity index (χ4n) is 2.57. The molecule has 0 fully saturated rings. The molecule has 1 aromatic heterocycles. The van der Waals surface area contributed by atoms with Gasteiger partial charge < -0.3 is 14.3 Å². The van der Waals surface area contributed by atoms with Gasteiger partial charge in [-0.2, -0.15) is 0 Å². The first kappa shape index (κ1) is 18.7. The minimum absolute atomic E-state index is 0.151. The lowest BCUT2D eigenvalue weighted by Gasteiger charge is -2.06. The van der Waals surface area contributed by atoms with Crippen molar-refractivity contribution < 1.29 is 14.3 Å². The zero-order valence-corrected chi connectivity index (χ0v) is 14.9. The van der Waals surface area contributed by atoms with E-state index in [9.17, 15) is 4.79 Å². The molecule has 0 radical (unpaired) electrons. The second kappa shape index (κ2) is 9.04. The summed E-state index contributed by atoms with van der Waals surface area (Å²) in [5, 5.41) is 9.78. The Hall–Kier alpha value is -2.59. The van der Waals surface area contributed by atoms with Gasteiger partial charge in [-0.15, -0.1) is 0 Å². The molecule has 4 heteroatoms. The Balaban J connectivity index is 0.00000109. The number of rotatable bonds is 5. The monoisotopic (exact) mass is 340 g/mol. The first-order chi connectivity index (χ1) is 12.2. The molecule has 3 aromatic rings. The normalized spacial score (nSPS) is 10.2. The van der Waals surface area contributed by atoms with Gasteiger partial charge in [0.15, 0.2) is 0 Å². The maximum atomic E-state index is 12.3. The lowest BCUT2D eigenvalue weighted by molar-refractivity contribution is 0.288. The summed E-state index contributed by atoms with van der Waals surface area (Å²) in [5.41, 5.74) is 2.59. The Labute approximate surface area is 147 Å². The number of methoxy groups -OCH3 is 1. The van der Waals surface area contributed by atoms with Crippen LogP contribution in [0.1, 0.15) is 25.8 Å². The van der Waals surface area contributed by atoms with Crippen molar-refractivity contribution in [1.82, 2.24) is 0 Å². The second-order valence-electron chi connectivity index (χ2n) is 5.38. The molecule has 2 aromatic carbocycles. The molecule has 132 valence electrons. The van der Waals surface area contributed by atoms with E-state index in [2.05, 4.69) is 0 Å². The van der Waals surface area contributed by atoms with E-state index < -0.39 is 0 Å². The number of aliphatic hydroxyl groups excluding tert-OH is 1. The smallest absolute Gasteiger partial charge is 0.344 e. The topological polar surface area (TPSA) is 59.7 Å². The molecule has 1 heterocycles. The standard InChI is InChI=1S/C19H18O4.C2H6/c1-22-16-8-6-14(7-9-16)17-12-15-5-4-13(3-2-10-20)11-18(15)23-19(17)21;1-2/h4-9,11-12,20H,2-3,10H2,1H3;1-2H3. The van der Waals surface area contributed by atoms with Gasteiger partial charge in [-0.3, -0.25) is 0 Å². The molecule has 0 aliphatic rings. The van der Waals surface area contributed by atoms with Crippen molar-refractivity contribution >= 4 is 11.0 Å². The molecule has 1 N–H and O–H groups in total. The van der Waals surface area contributed by atoms with Crippen LogP contribution in [-0.2, 0) is 6.42 Å². The fraction of sp³-hybridized carbons (Fsp3) is 0.286. The molecule has 0 saturated carbocycles. The zero-order valence-electron chi connectivity index (χ0n) is 14.9. The van der Waals surface area contributed by atoms with Crippen molar-refractivity contribution in [3.8, 4) is 16.9 Å².